The molecule has 0 aromatic heterocycles. The van der Waals surface area contributed by atoms with Crippen molar-refractivity contribution in [2.75, 3.05) is 13.7 Å². The Bertz CT molecular complexity index is 277. The van der Waals surface area contributed by atoms with Crippen LogP contribution in [0, 0.1) is 5.41 Å². The first-order chi connectivity index (χ1) is 7.91. The average Bonchev–Trinajstić information content (AvgIpc) is 2.29. The summed E-state index contributed by atoms with van der Waals surface area (Å²) in [5.41, 5.74) is 3.48. The zero-order valence-electron chi connectivity index (χ0n) is 12.2. The number of hydrogen-bond acceptors (Lipinski definition) is 2. The lowest BCUT2D eigenvalue weighted by Crippen LogP contribution is -2.16. The lowest BCUT2D eigenvalue weighted by molar-refractivity contribution is 0.319. The first-order valence-electron chi connectivity index (χ1n) is 6.60. The highest BCUT2D eigenvalue weighted by Crippen LogP contribution is 2.33. The third-order valence-corrected chi connectivity index (χ3v) is 3.45. The Labute approximate surface area is 107 Å². The minimum absolute atomic E-state index is 0.0782. The summed E-state index contributed by atoms with van der Waals surface area (Å²) in [7, 11) is 1.85. The number of likely N-dealkylation sites (N-methyl/N-ethyl adjacent to an activating group) is 1. The van der Waals surface area contributed by atoms with Gasteiger partial charge in [0.25, 0.3) is 0 Å². The van der Waals surface area contributed by atoms with Gasteiger partial charge in [0.15, 0.2) is 0 Å². The molecule has 0 unspecified atom stereocenters. The normalized spacial score (nSPS) is 13.3. The van der Waals surface area contributed by atoms with Gasteiger partial charge in [-0.15, -0.1) is 0 Å². The Morgan fingerprint density at radius 2 is 1.88 bits per heavy atom. The van der Waals surface area contributed by atoms with E-state index in [1.54, 1.807) is 0 Å². The molecule has 0 saturated carbocycles. The quantitative estimate of drug-likeness (QED) is 0.634. The summed E-state index contributed by atoms with van der Waals surface area (Å²) in [5.74, 6) is 0. The fraction of sp³-hybridized carbons (Fsp3) is 0.733. The average molecular weight is 239 g/mol. The molecule has 0 spiro atoms. The summed E-state index contributed by atoms with van der Waals surface area (Å²) in [6.45, 7) is 13.0. The first-order valence-corrected chi connectivity index (χ1v) is 6.60. The van der Waals surface area contributed by atoms with Gasteiger partial charge in [0.2, 0.25) is 0 Å². The van der Waals surface area contributed by atoms with Crippen LogP contribution in [0.3, 0.4) is 0 Å². The molecule has 0 aromatic rings. The highest BCUT2D eigenvalue weighted by atomic mass is 16.3. The van der Waals surface area contributed by atoms with Crippen molar-refractivity contribution in [3.05, 3.63) is 23.4 Å². The van der Waals surface area contributed by atoms with Crippen LogP contribution in [0.1, 0.15) is 53.4 Å². The molecule has 0 saturated heterocycles. The molecule has 0 aromatic carbocycles. The molecule has 2 N–H and O–H groups in total. The molecule has 0 rings (SSSR count). The van der Waals surface area contributed by atoms with E-state index in [0.29, 0.717) is 5.41 Å². The van der Waals surface area contributed by atoms with Gasteiger partial charge in [0, 0.05) is 12.7 Å². The number of nitrogens with one attached hydrogen (secondary N) is 1. The second-order valence-electron chi connectivity index (χ2n) is 5.41. The lowest BCUT2D eigenvalue weighted by atomic mass is 9.80. The number of allylic oxidation sites excluding steroid dienone is 1. The molecular formula is C15H29NO. The minimum atomic E-state index is 0.0782. The van der Waals surface area contributed by atoms with Crippen molar-refractivity contribution >= 4 is 0 Å². The van der Waals surface area contributed by atoms with Gasteiger partial charge in [-0.3, -0.25) is 0 Å². The van der Waals surface area contributed by atoms with Crippen LogP contribution in [0.15, 0.2) is 23.4 Å². The highest BCUT2D eigenvalue weighted by Gasteiger charge is 2.19. The van der Waals surface area contributed by atoms with Crippen LogP contribution >= 0.6 is 0 Å². The second kappa shape index (κ2) is 7.54. The molecule has 17 heavy (non-hydrogen) atoms. The summed E-state index contributed by atoms with van der Waals surface area (Å²) in [5, 5.41) is 12.6. The van der Waals surface area contributed by atoms with Crippen molar-refractivity contribution in [1.29, 1.82) is 0 Å². The third-order valence-electron chi connectivity index (χ3n) is 3.45. The Morgan fingerprint density at radius 1 is 1.29 bits per heavy atom. The van der Waals surface area contributed by atoms with E-state index >= 15 is 0 Å². The Balaban J connectivity index is 5.15. The third kappa shape index (κ3) is 5.40. The topological polar surface area (TPSA) is 32.3 Å². The lowest BCUT2D eigenvalue weighted by Gasteiger charge is -2.26. The van der Waals surface area contributed by atoms with Crippen LogP contribution in [0.5, 0.6) is 0 Å². The van der Waals surface area contributed by atoms with E-state index in [9.17, 15) is 5.11 Å². The van der Waals surface area contributed by atoms with Crippen molar-refractivity contribution in [2.45, 2.75) is 53.4 Å². The zero-order valence-corrected chi connectivity index (χ0v) is 12.2. The molecule has 0 aliphatic carbocycles. The van der Waals surface area contributed by atoms with Gasteiger partial charge in [0.05, 0.1) is 6.61 Å². The van der Waals surface area contributed by atoms with Gasteiger partial charge >= 0.3 is 0 Å². The Hall–Kier alpha value is -0.760. The number of aliphatic hydroxyl groups is 1. The van der Waals surface area contributed by atoms with E-state index in [0.717, 1.165) is 37.0 Å². The molecule has 0 radical (unpaired) electrons. The summed E-state index contributed by atoms with van der Waals surface area (Å²) < 4.78 is 0. The maximum absolute atomic E-state index is 9.54. The molecule has 100 valence electrons. The SMILES string of the molecule is C=C(NC)/C(CO)=C(\CCC)CC(C)(C)CC. The van der Waals surface area contributed by atoms with Gasteiger partial charge in [-0.25, -0.2) is 0 Å². The van der Waals surface area contributed by atoms with Crippen molar-refractivity contribution in [3.63, 3.8) is 0 Å². The van der Waals surface area contributed by atoms with E-state index in [-0.39, 0.29) is 6.61 Å². The zero-order chi connectivity index (χ0) is 13.5. The van der Waals surface area contributed by atoms with Crippen molar-refractivity contribution < 1.29 is 5.11 Å². The molecule has 0 bridgehead atoms. The Kier molecular flexibility index (Phi) is 7.21. The van der Waals surface area contributed by atoms with E-state index in [1.807, 2.05) is 7.05 Å². The van der Waals surface area contributed by atoms with Crippen LogP contribution in [-0.4, -0.2) is 18.8 Å². The largest absolute Gasteiger partial charge is 0.392 e. The Morgan fingerprint density at radius 3 is 2.24 bits per heavy atom. The van der Waals surface area contributed by atoms with Gasteiger partial charge in [-0.2, -0.15) is 0 Å². The highest BCUT2D eigenvalue weighted by molar-refractivity contribution is 5.33. The van der Waals surface area contributed by atoms with Crippen LogP contribution in [0.2, 0.25) is 0 Å². The standard InChI is InChI=1S/C15H29NO/c1-7-9-13(10-15(4,5)8-2)14(11-17)12(3)16-6/h16-17H,3,7-11H2,1-2,4-6H3/b14-13+. The summed E-state index contributed by atoms with van der Waals surface area (Å²) in [6.07, 6.45) is 4.33. The van der Waals surface area contributed by atoms with Gasteiger partial charge < -0.3 is 10.4 Å². The molecule has 2 nitrogen and oxygen atoms in total. The molecule has 2 heteroatoms. The molecular weight excluding hydrogens is 210 g/mol. The monoisotopic (exact) mass is 239 g/mol. The van der Waals surface area contributed by atoms with E-state index in [4.69, 9.17) is 0 Å². The maximum atomic E-state index is 9.54. The fourth-order valence-corrected chi connectivity index (χ4v) is 1.92. The molecule has 0 aliphatic heterocycles. The van der Waals surface area contributed by atoms with E-state index < -0.39 is 0 Å². The fourth-order valence-electron chi connectivity index (χ4n) is 1.92. The van der Waals surface area contributed by atoms with Gasteiger partial charge in [-0.1, -0.05) is 52.7 Å². The van der Waals surface area contributed by atoms with Gasteiger partial charge in [0.1, 0.15) is 0 Å². The molecule has 0 aliphatic rings. The number of hydrogen-bond donors (Lipinski definition) is 2. The van der Waals surface area contributed by atoms with E-state index in [2.05, 4.69) is 39.6 Å². The molecule has 0 amide bonds. The van der Waals surface area contributed by atoms with Crippen molar-refractivity contribution in [2.24, 2.45) is 5.41 Å². The molecule has 0 fully saturated rings. The summed E-state index contributed by atoms with van der Waals surface area (Å²) >= 11 is 0. The van der Waals surface area contributed by atoms with Crippen LogP contribution in [0.25, 0.3) is 0 Å². The maximum Gasteiger partial charge on any atom is 0.0701 e. The predicted molar refractivity (Wildman–Crippen MR) is 75.9 cm³/mol. The van der Waals surface area contributed by atoms with Crippen LogP contribution in [-0.2, 0) is 0 Å². The molecule has 0 heterocycles. The summed E-state index contributed by atoms with van der Waals surface area (Å²) in [4.78, 5) is 0. The minimum Gasteiger partial charge on any atom is -0.392 e. The smallest absolute Gasteiger partial charge is 0.0701 e. The second-order valence-corrected chi connectivity index (χ2v) is 5.41. The van der Waals surface area contributed by atoms with Gasteiger partial charge in [-0.05, 0) is 23.8 Å². The predicted octanol–water partition coefficient (Wildman–Crippen LogP) is 3.63. The molecule has 0 atom stereocenters. The van der Waals surface area contributed by atoms with E-state index in [1.165, 1.54) is 5.57 Å². The van der Waals surface area contributed by atoms with Crippen LogP contribution < -0.4 is 5.32 Å². The van der Waals surface area contributed by atoms with Crippen molar-refractivity contribution in [1.82, 2.24) is 5.32 Å². The first kappa shape index (κ1) is 16.2. The number of aliphatic hydroxyl groups excluding tert-OH is 1. The number of rotatable bonds is 8. The van der Waals surface area contributed by atoms with Crippen molar-refractivity contribution in [3.8, 4) is 0 Å². The summed E-state index contributed by atoms with van der Waals surface area (Å²) in [6, 6.07) is 0. The van der Waals surface area contributed by atoms with Crippen LogP contribution in [0.4, 0.5) is 0 Å².